The Morgan fingerprint density at radius 3 is 2.11 bits per heavy atom. The van der Waals surface area contributed by atoms with Crippen LogP contribution in [0.2, 0.25) is 0 Å². The van der Waals surface area contributed by atoms with E-state index >= 15 is 0 Å². The molecule has 0 unspecified atom stereocenters. The predicted molar refractivity (Wildman–Crippen MR) is 72.3 cm³/mol. The molecule has 0 aromatic carbocycles. The Morgan fingerprint density at radius 1 is 1.16 bits per heavy atom. The lowest BCUT2D eigenvalue weighted by Gasteiger charge is -2.29. The SMILES string of the molecule is CC(C)CN(C(=O)CCN1C(=O)CCC1=O)C(C)C. The van der Waals surface area contributed by atoms with Gasteiger partial charge in [0.2, 0.25) is 17.7 Å². The smallest absolute Gasteiger partial charge is 0.229 e. The summed E-state index contributed by atoms with van der Waals surface area (Å²) in [6, 6.07) is 0.139. The van der Waals surface area contributed by atoms with Crippen LogP contribution in [0.1, 0.15) is 47.0 Å². The minimum Gasteiger partial charge on any atom is -0.340 e. The number of amides is 3. The third kappa shape index (κ3) is 4.33. The summed E-state index contributed by atoms with van der Waals surface area (Å²) < 4.78 is 0. The Kier molecular flexibility index (Phi) is 5.51. The maximum atomic E-state index is 12.2. The Morgan fingerprint density at radius 2 is 1.68 bits per heavy atom. The van der Waals surface area contributed by atoms with Crippen molar-refractivity contribution in [3.8, 4) is 0 Å². The van der Waals surface area contributed by atoms with Crippen LogP contribution in [0.25, 0.3) is 0 Å². The fourth-order valence-corrected chi connectivity index (χ4v) is 2.22. The van der Waals surface area contributed by atoms with Gasteiger partial charge in [-0.15, -0.1) is 0 Å². The second kappa shape index (κ2) is 6.68. The lowest BCUT2D eigenvalue weighted by molar-refractivity contribution is -0.139. The molecule has 19 heavy (non-hydrogen) atoms. The largest absolute Gasteiger partial charge is 0.340 e. The van der Waals surface area contributed by atoms with E-state index in [1.54, 1.807) is 0 Å². The second-order valence-corrected chi connectivity index (χ2v) is 5.72. The molecule has 1 aliphatic heterocycles. The zero-order valence-corrected chi connectivity index (χ0v) is 12.3. The number of rotatable bonds is 6. The molecule has 5 heteroatoms. The zero-order chi connectivity index (χ0) is 14.6. The molecule has 0 aromatic heterocycles. The van der Waals surface area contributed by atoms with Crippen molar-refractivity contribution in [2.45, 2.75) is 53.0 Å². The molecule has 1 saturated heterocycles. The van der Waals surface area contributed by atoms with Crippen molar-refractivity contribution in [1.29, 1.82) is 0 Å². The van der Waals surface area contributed by atoms with Crippen LogP contribution >= 0.6 is 0 Å². The van der Waals surface area contributed by atoms with E-state index in [-0.39, 0.29) is 49.6 Å². The molecule has 1 heterocycles. The molecule has 5 nitrogen and oxygen atoms in total. The molecule has 0 aliphatic carbocycles. The van der Waals surface area contributed by atoms with Gasteiger partial charge in [-0.3, -0.25) is 19.3 Å². The van der Waals surface area contributed by atoms with Gasteiger partial charge >= 0.3 is 0 Å². The zero-order valence-electron chi connectivity index (χ0n) is 12.3. The number of carbonyl (C=O) groups excluding carboxylic acids is 3. The molecular formula is C14H24N2O3. The molecular weight excluding hydrogens is 244 g/mol. The number of carbonyl (C=O) groups is 3. The summed E-state index contributed by atoms with van der Waals surface area (Å²) in [6.45, 7) is 9.02. The van der Waals surface area contributed by atoms with E-state index < -0.39 is 0 Å². The molecule has 3 amide bonds. The molecule has 0 aromatic rings. The van der Waals surface area contributed by atoms with Gasteiger partial charge in [0.15, 0.2) is 0 Å². The summed E-state index contributed by atoms with van der Waals surface area (Å²) >= 11 is 0. The minimum atomic E-state index is -0.155. The number of imide groups is 1. The van der Waals surface area contributed by atoms with Crippen LogP contribution < -0.4 is 0 Å². The van der Waals surface area contributed by atoms with Gasteiger partial charge < -0.3 is 4.90 Å². The van der Waals surface area contributed by atoms with E-state index in [4.69, 9.17) is 0 Å². The van der Waals surface area contributed by atoms with E-state index in [9.17, 15) is 14.4 Å². The molecule has 0 spiro atoms. The quantitative estimate of drug-likeness (QED) is 0.685. The average molecular weight is 268 g/mol. The number of hydrogen-bond acceptors (Lipinski definition) is 3. The van der Waals surface area contributed by atoms with E-state index in [0.29, 0.717) is 12.5 Å². The Balaban J connectivity index is 2.52. The third-order valence-corrected chi connectivity index (χ3v) is 3.21. The fourth-order valence-electron chi connectivity index (χ4n) is 2.22. The van der Waals surface area contributed by atoms with E-state index in [0.717, 1.165) is 0 Å². The van der Waals surface area contributed by atoms with Gasteiger partial charge in [0.05, 0.1) is 0 Å². The standard InChI is InChI=1S/C14H24N2O3/c1-10(2)9-16(11(3)4)14(19)7-8-15-12(17)5-6-13(15)18/h10-11H,5-9H2,1-4H3. The monoisotopic (exact) mass is 268 g/mol. The third-order valence-electron chi connectivity index (χ3n) is 3.21. The predicted octanol–water partition coefficient (Wildman–Crippen LogP) is 1.42. The summed E-state index contributed by atoms with van der Waals surface area (Å²) in [7, 11) is 0. The highest BCUT2D eigenvalue weighted by Gasteiger charge is 2.29. The van der Waals surface area contributed by atoms with Crippen LogP contribution in [0.4, 0.5) is 0 Å². The lowest BCUT2D eigenvalue weighted by Crippen LogP contribution is -2.41. The van der Waals surface area contributed by atoms with Crippen molar-refractivity contribution in [3.05, 3.63) is 0 Å². The van der Waals surface area contributed by atoms with Crippen LogP contribution in [-0.2, 0) is 14.4 Å². The first kappa shape index (κ1) is 15.7. The Hall–Kier alpha value is -1.39. The maximum Gasteiger partial charge on any atom is 0.229 e. The van der Waals surface area contributed by atoms with Gasteiger partial charge in [0, 0.05) is 38.4 Å². The molecule has 0 atom stereocenters. The number of nitrogens with zero attached hydrogens (tertiary/aromatic N) is 2. The van der Waals surface area contributed by atoms with Crippen LogP contribution in [0.5, 0.6) is 0 Å². The molecule has 0 N–H and O–H groups in total. The molecule has 1 aliphatic rings. The summed E-state index contributed by atoms with van der Waals surface area (Å²) in [5.74, 6) is 0.105. The van der Waals surface area contributed by atoms with Gasteiger partial charge in [-0.05, 0) is 19.8 Å². The van der Waals surface area contributed by atoms with Gasteiger partial charge in [0.25, 0.3) is 0 Å². The van der Waals surface area contributed by atoms with Gasteiger partial charge in [-0.2, -0.15) is 0 Å². The van der Waals surface area contributed by atoms with Crippen LogP contribution in [-0.4, -0.2) is 46.7 Å². The van der Waals surface area contributed by atoms with Crippen molar-refractivity contribution >= 4 is 17.7 Å². The number of likely N-dealkylation sites (tertiary alicyclic amines) is 1. The van der Waals surface area contributed by atoms with Crippen LogP contribution in [0.3, 0.4) is 0 Å². The molecule has 108 valence electrons. The second-order valence-electron chi connectivity index (χ2n) is 5.72. The molecule has 1 fully saturated rings. The summed E-state index contributed by atoms with van der Waals surface area (Å²) in [4.78, 5) is 38.1. The normalized spacial score (nSPS) is 15.8. The molecule has 1 rings (SSSR count). The van der Waals surface area contributed by atoms with Crippen molar-refractivity contribution < 1.29 is 14.4 Å². The van der Waals surface area contributed by atoms with Crippen molar-refractivity contribution in [2.24, 2.45) is 5.92 Å². The first-order valence-corrected chi connectivity index (χ1v) is 6.95. The van der Waals surface area contributed by atoms with E-state index in [1.807, 2.05) is 18.7 Å². The van der Waals surface area contributed by atoms with Gasteiger partial charge in [-0.25, -0.2) is 0 Å². The minimum absolute atomic E-state index is 0.0104. The van der Waals surface area contributed by atoms with E-state index in [1.165, 1.54) is 4.90 Å². The average Bonchev–Trinajstić information content (AvgIpc) is 2.62. The van der Waals surface area contributed by atoms with Crippen LogP contribution in [0, 0.1) is 5.92 Å². The molecule has 0 radical (unpaired) electrons. The lowest BCUT2D eigenvalue weighted by atomic mass is 10.1. The van der Waals surface area contributed by atoms with E-state index in [2.05, 4.69) is 13.8 Å². The van der Waals surface area contributed by atoms with Crippen molar-refractivity contribution in [1.82, 2.24) is 9.80 Å². The highest BCUT2D eigenvalue weighted by Crippen LogP contribution is 2.13. The van der Waals surface area contributed by atoms with Crippen LogP contribution in [0.15, 0.2) is 0 Å². The fraction of sp³-hybridized carbons (Fsp3) is 0.786. The number of hydrogen-bond donors (Lipinski definition) is 0. The highest BCUT2D eigenvalue weighted by atomic mass is 16.2. The summed E-state index contributed by atoms with van der Waals surface area (Å²) in [5.41, 5.74) is 0. The first-order valence-electron chi connectivity index (χ1n) is 6.95. The summed E-state index contributed by atoms with van der Waals surface area (Å²) in [6.07, 6.45) is 0.794. The Bertz CT molecular complexity index is 348. The molecule has 0 bridgehead atoms. The van der Waals surface area contributed by atoms with Gasteiger partial charge in [-0.1, -0.05) is 13.8 Å². The van der Waals surface area contributed by atoms with Crippen molar-refractivity contribution in [2.75, 3.05) is 13.1 Å². The Labute approximate surface area is 114 Å². The van der Waals surface area contributed by atoms with Gasteiger partial charge in [0.1, 0.15) is 0 Å². The first-order chi connectivity index (χ1) is 8.82. The topological polar surface area (TPSA) is 57.7 Å². The van der Waals surface area contributed by atoms with Crippen molar-refractivity contribution in [3.63, 3.8) is 0 Å². The highest BCUT2D eigenvalue weighted by molar-refractivity contribution is 6.02. The molecule has 0 saturated carbocycles. The summed E-state index contributed by atoms with van der Waals surface area (Å²) in [5, 5.41) is 0. The maximum absolute atomic E-state index is 12.2.